The average molecular weight is 274 g/mol. The van der Waals surface area contributed by atoms with Crippen molar-refractivity contribution in [3.8, 4) is 5.75 Å². The number of anilines is 1. The Balaban J connectivity index is 1.71. The van der Waals surface area contributed by atoms with Gasteiger partial charge in [-0.3, -0.25) is 4.90 Å². The summed E-state index contributed by atoms with van der Waals surface area (Å²) in [5.74, 6) is 0.968. The quantitative estimate of drug-likeness (QED) is 0.842. The molecule has 2 aliphatic rings. The lowest BCUT2D eigenvalue weighted by molar-refractivity contribution is 0.203. The van der Waals surface area contributed by atoms with Gasteiger partial charge >= 0.3 is 0 Å². The number of fused-ring (bicyclic) bond motifs is 1. The molecule has 3 rings (SSSR count). The van der Waals surface area contributed by atoms with Crippen LogP contribution in [0.3, 0.4) is 0 Å². The lowest BCUT2D eigenvalue weighted by Gasteiger charge is -2.43. The van der Waals surface area contributed by atoms with Gasteiger partial charge in [0.2, 0.25) is 0 Å². The molecule has 0 amide bonds. The number of rotatable bonds is 3. The molecule has 1 aromatic carbocycles. The molecule has 110 valence electrons. The van der Waals surface area contributed by atoms with Crippen molar-refractivity contribution in [3.05, 3.63) is 24.3 Å². The first-order chi connectivity index (χ1) is 9.63. The van der Waals surface area contributed by atoms with Gasteiger partial charge in [-0.2, -0.15) is 0 Å². The zero-order valence-corrected chi connectivity index (χ0v) is 12.9. The van der Waals surface area contributed by atoms with Gasteiger partial charge in [-0.25, -0.2) is 0 Å². The molecule has 0 spiro atoms. The lowest BCUT2D eigenvalue weighted by atomic mass is 10.1. The summed E-state index contributed by atoms with van der Waals surface area (Å²) >= 11 is 0. The molecule has 0 aromatic heterocycles. The van der Waals surface area contributed by atoms with Crippen LogP contribution in [-0.4, -0.2) is 42.7 Å². The van der Waals surface area contributed by atoms with E-state index in [4.69, 9.17) is 4.74 Å². The number of hydrogen-bond acceptors (Lipinski definition) is 3. The highest BCUT2D eigenvalue weighted by Gasteiger charge is 2.34. The van der Waals surface area contributed by atoms with Crippen molar-refractivity contribution >= 4 is 5.69 Å². The van der Waals surface area contributed by atoms with Crippen molar-refractivity contribution in [2.75, 3.05) is 24.5 Å². The summed E-state index contributed by atoms with van der Waals surface area (Å²) < 4.78 is 5.73. The summed E-state index contributed by atoms with van der Waals surface area (Å²) in [6, 6.07) is 9.98. The summed E-state index contributed by atoms with van der Waals surface area (Å²) in [6.45, 7) is 10.1. The van der Waals surface area contributed by atoms with Gasteiger partial charge < -0.3 is 9.64 Å². The van der Waals surface area contributed by atoms with Crippen LogP contribution in [0.15, 0.2) is 24.3 Å². The van der Waals surface area contributed by atoms with Crippen LogP contribution < -0.4 is 9.64 Å². The summed E-state index contributed by atoms with van der Waals surface area (Å²) in [5, 5.41) is 0. The number of ether oxygens (including phenoxy) is 1. The van der Waals surface area contributed by atoms with E-state index in [1.807, 2.05) is 0 Å². The standard InChI is InChI=1S/C17H26N2O/c1-13(2)20-17-8-6-15(7-9-17)19-12-16-5-4-10-18(16)11-14(19)3/h6-9,13-14,16H,4-5,10-12H2,1-3H3. The van der Waals surface area contributed by atoms with E-state index in [1.165, 1.54) is 38.2 Å². The van der Waals surface area contributed by atoms with Crippen molar-refractivity contribution in [2.45, 2.75) is 51.8 Å². The lowest BCUT2D eigenvalue weighted by Crippen LogP contribution is -2.55. The van der Waals surface area contributed by atoms with Crippen LogP contribution in [0.25, 0.3) is 0 Å². The molecule has 2 atom stereocenters. The Morgan fingerprint density at radius 1 is 1.15 bits per heavy atom. The predicted octanol–water partition coefficient (Wildman–Crippen LogP) is 3.15. The Kier molecular flexibility index (Phi) is 3.88. The second-order valence-electron chi connectivity index (χ2n) is 6.45. The molecule has 0 N–H and O–H groups in total. The van der Waals surface area contributed by atoms with Crippen LogP contribution >= 0.6 is 0 Å². The Bertz CT molecular complexity index is 443. The molecule has 3 nitrogen and oxygen atoms in total. The fourth-order valence-electron chi connectivity index (χ4n) is 3.54. The molecule has 0 saturated carbocycles. The van der Waals surface area contributed by atoms with E-state index >= 15 is 0 Å². The molecule has 3 heteroatoms. The SMILES string of the molecule is CC(C)Oc1ccc(N2CC3CCCN3CC2C)cc1. The highest BCUT2D eigenvalue weighted by Crippen LogP contribution is 2.29. The Morgan fingerprint density at radius 3 is 2.60 bits per heavy atom. The van der Waals surface area contributed by atoms with E-state index in [2.05, 4.69) is 54.8 Å². The van der Waals surface area contributed by atoms with Crippen molar-refractivity contribution < 1.29 is 4.74 Å². The van der Waals surface area contributed by atoms with Gasteiger partial charge in [0, 0.05) is 30.9 Å². The summed E-state index contributed by atoms with van der Waals surface area (Å²) in [5.41, 5.74) is 1.33. The monoisotopic (exact) mass is 274 g/mol. The van der Waals surface area contributed by atoms with Crippen LogP contribution in [0.5, 0.6) is 5.75 Å². The summed E-state index contributed by atoms with van der Waals surface area (Å²) in [7, 11) is 0. The number of piperazine rings is 1. The highest BCUT2D eigenvalue weighted by atomic mass is 16.5. The first-order valence-electron chi connectivity index (χ1n) is 7.91. The first kappa shape index (κ1) is 13.7. The number of hydrogen-bond donors (Lipinski definition) is 0. The minimum absolute atomic E-state index is 0.238. The summed E-state index contributed by atoms with van der Waals surface area (Å²) in [4.78, 5) is 5.23. The zero-order valence-electron chi connectivity index (χ0n) is 12.9. The van der Waals surface area contributed by atoms with E-state index in [-0.39, 0.29) is 6.10 Å². The Labute approximate surface area is 122 Å². The molecule has 2 fully saturated rings. The van der Waals surface area contributed by atoms with E-state index < -0.39 is 0 Å². The zero-order chi connectivity index (χ0) is 14.1. The van der Waals surface area contributed by atoms with E-state index in [9.17, 15) is 0 Å². The van der Waals surface area contributed by atoms with Crippen LogP contribution in [0.1, 0.15) is 33.6 Å². The Hall–Kier alpha value is -1.22. The molecule has 0 radical (unpaired) electrons. The minimum atomic E-state index is 0.238. The minimum Gasteiger partial charge on any atom is -0.491 e. The molecular weight excluding hydrogens is 248 g/mol. The van der Waals surface area contributed by atoms with Crippen LogP contribution in [0, 0.1) is 0 Å². The molecule has 2 aliphatic heterocycles. The van der Waals surface area contributed by atoms with Crippen LogP contribution in [-0.2, 0) is 0 Å². The third-order valence-corrected chi connectivity index (χ3v) is 4.48. The Morgan fingerprint density at radius 2 is 1.90 bits per heavy atom. The molecule has 0 bridgehead atoms. The van der Waals surface area contributed by atoms with Crippen molar-refractivity contribution in [2.24, 2.45) is 0 Å². The molecule has 2 heterocycles. The summed E-state index contributed by atoms with van der Waals surface area (Å²) in [6.07, 6.45) is 2.96. The molecule has 20 heavy (non-hydrogen) atoms. The van der Waals surface area contributed by atoms with Gasteiger partial charge in [-0.05, 0) is 64.4 Å². The molecular formula is C17H26N2O. The number of benzene rings is 1. The second kappa shape index (κ2) is 5.65. The van der Waals surface area contributed by atoms with Crippen molar-refractivity contribution in [3.63, 3.8) is 0 Å². The molecule has 1 aromatic rings. The maximum absolute atomic E-state index is 5.73. The third kappa shape index (κ3) is 2.78. The fraction of sp³-hybridized carbons (Fsp3) is 0.647. The van der Waals surface area contributed by atoms with Crippen LogP contribution in [0.4, 0.5) is 5.69 Å². The van der Waals surface area contributed by atoms with E-state index in [0.29, 0.717) is 6.04 Å². The van der Waals surface area contributed by atoms with Crippen molar-refractivity contribution in [1.82, 2.24) is 4.90 Å². The van der Waals surface area contributed by atoms with E-state index in [1.54, 1.807) is 0 Å². The smallest absolute Gasteiger partial charge is 0.119 e. The third-order valence-electron chi connectivity index (χ3n) is 4.48. The second-order valence-corrected chi connectivity index (χ2v) is 6.45. The normalized spacial score (nSPS) is 26.9. The predicted molar refractivity (Wildman–Crippen MR) is 83.6 cm³/mol. The van der Waals surface area contributed by atoms with Gasteiger partial charge in [0.1, 0.15) is 5.75 Å². The highest BCUT2D eigenvalue weighted by molar-refractivity contribution is 5.50. The number of nitrogens with zero attached hydrogens (tertiary/aromatic N) is 2. The average Bonchev–Trinajstić information content (AvgIpc) is 2.85. The van der Waals surface area contributed by atoms with Crippen molar-refractivity contribution in [1.29, 1.82) is 0 Å². The van der Waals surface area contributed by atoms with Gasteiger partial charge in [0.25, 0.3) is 0 Å². The van der Waals surface area contributed by atoms with E-state index in [0.717, 1.165) is 11.8 Å². The van der Waals surface area contributed by atoms with Gasteiger partial charge in [-0.15, -0.1) is 0 Å². The topological polar surface area (TPSA) is 15.7 Å². The first-order valence-corrected chi connectivity index (χ1v) is 7.91. The largest absolute Gasteiger partial charge is 0.491 e. The maximum Gasteiger partial charge on any atom is 0.119 e. The van der Waals surface area contributed by atoms with Gasteiger partial charge in [-0.1, -0.05) is 0 Å². The molecule has 2 saturated heterocycles. The molecule has 0 aliphatic carbocycles. The molecule has 2 unspecified atom stereocenters. The maximum atomic E-state index is 5.73. The fourth-order valence-corrected chi connectivity index (χ4v) is 3.54. The van der Waals surface area contributed by atoms with Gasteiger partial charge in [0.15, 0.2) is 0 Å². The van der Waals surface area contributed by atoms with Crippen LogP contribution in [0.2, 0.25) is 0 Å². The van der Waals surface area contributed by atoms with Gasteiger partial charge in [0.05, 0.1) is 6.10 Å².